The van der Waals surface area contributed by atoms with E-state index in [0.717, 1.165) is 31.0 Å². The van der Waals surface area contributed by atoms with E-state index in [2.05, 4.69) is 5.32 Å². The Bertz CT molecular complexity index is 455. The largest absolute Gasteiger partial charge is 0.417 e. The number of alkyl halides is 3. The lowest BCUT2D eigenvalue weighted by atomic mass is 10.1. The van der Waals surface area contributed by atoms with E-state index in [0.29, 0.717) is 0 Å². The van der Waals surface area contributed by atoms with Crippen LogP contribution in [-0.4, -0.2) is 11.9 Å². The highest BCUT2D eigenvalue weighted by Crippen LogP contribution is 2.33. The molecule has 2 rings (SSSR count). The number of hydrogen-bond donors (Lipinski definition) is 1. The highest BCUT2D eigenvalue weighted by molar-refractivity contribution is 6.31. The maximum atomic E-state index is 12.7. The van der Waals surface area contributed by atoms with Crippen molar-refractivity contribution in [3.63, 3.8) is 0 Å². The zero-order chi connectivity index (χ0) is 12.6. The second kappa shape index (κ2) is 4.22. The highest BCUT2D eigenvalue weighted by atomic mass is 35.5. The van der Waals surface area contributed by atoms with Crippen molar-refractivity contribution in [3.8, 4) is 0 Å². The second-order valence-electron chi connectivity index (χ2n) is 3.94. The van der Waals surface area contributed by atoms with Gasteiger partial charge in [0.1, 0.15) is 0 Å². The number of nitrogens with one attached hydrogen (secondary N) is 1. The van der Waals surface area contributed by atoms with Gasteiger partial charge in [0.25, 0.3) is 5.91 Å². The molecule has 0 saturated heterocycles. The second-order valence-corrected chi connectivity index (χ2v) is 4.37. The van der Waals surface area contributed by atoms with Gasteiger partial charge < -0.3 is 5.32 Å². The first-order valence-corrected chi connectivity index (χ1v) is 5.43. The Morgan fingerprint density at radius 2 is 2.00 bits per heavy atom. The number of carbonyl (C=O) groups excluding carboxylic acids is 1. The summed E-state index contributed by atoms with van der Waals surface area (Å²) in [4.78, 5) is 11.6. The maximum absolute atomic E-state index is 12.7. The first-order chi connectivity index (χ1) is 7.88. The number of benzene rings is 1. The molecular weight excluding hydrogens is 255 g/mol. The van der Waals surface area contributed by atoms with Gasteiger partial charge in [-0.1, -0.05) is 11.6 Å². The van der Waals surface area contributed by atoms with Gasteiger partial charge in [-0.15, -0.1) is 0 Å². The van der Waals surface area contributed by atoms with Gasteiger partial charge in [-0.3, -0.25) is 4.79 Å². The summed E-state index contributed by atoms with van der Waals surface area (Å²) >= 11 is 5.62. The van der Waals surface area contributed by atoms with Crippen LogP contribution >= 0.6 is 11.6 Å². The van der Waals surface area contributed by atoms with Crippen LogP contribution in [0.15, 0.2) is 18.2 Å². The molecule has 0 unspecified atom stereocenters. The number of hydrogen-bond acceptors (Lipinski definition) is 1. The average molecular weight is 264 g/mol. The molecule has 1 aliphatic carbocycles. The minimum absolute atomic E-state index is 0.00238. The van der Waals surface area contributed by atoms with E-state index in [4.69, 9.17) is 11.6 Å². The van der Waals surface area contributed by atoms with E-state index >= 15 is 0 Å². The van der Waals surface area contributed by atoms with Crippen molar-refractivity contribution < 1.29 is 18.0 Å². The summed E-state index contributed by atoms with van der Waals surface area (Å²) < 4.78 is 38.0. The quantitative estimate of drug-likeness (QED) is 0.872. The van der Waals surface area contributed by atoms with Gasteiger partial charge in [0, 0.05) is 11.1 Å². The lowest BCUT2D eigenvalue weighted by molar-refractivity contribution is -0.137. The van der Waals surface area contributed by atoms with Gasteiger partial charge >= 0.3 is 6.18 Å². The molecule has 0 spiro atoms. The van der Waals surface area contributed by atoms with Crippen molar-refractivity contribution in [2.24, 2.45) is 0 Å². The molecule has 0 bridgehead atoms. The molecule has 1 aliphatic rings. The normalized spacial score (nSPS) is 15.8. The molecule has 6 heteroatoms. The Hall–Kier alpha value is -1.23. The van der Waals surface area contributed by atoms with Crippen molar-refractivity contribution in [2.45, 2.75) is 25.1 Å². The fourth-order valence-corrected chi connectivity index (χ4v) is 1.61. The molecule has 1 amide bonds. The van der Waals surface area contributed by atoms with Crippen LogP contribution in [-0.2, 0) is 6.18 Å². The third kappa shape index (κ3) is 2.91. The summed E-state index contributed by atoms with van der Waals surface area (Å²) in [5, 5.41) is 2.62. The van der Waals surface area contributed by atoms with Gasteiger partial charge in [0.2, 0.25) is 0 Å². The average Bonchev–Trinajstić information content (AvgIpc) is 2.99. The van der Waals surface area contributed by atoms with E-state index in [1.807, 2.05) is 0 Å². The summed E-state index contributed by atoms with van der Waals surface area (Å²) in [6.07, 6.45) is -2.93. The van der Waals surface area contributed by atoms with E-state index in [9.17, 15) is 18.0 Å². The molecule has 0 aliphatic heterocycles. The van der Waals surface area contributed by atoms with Crippen LogP contribution in [0, 0.1) is 0 Å². The van der Waals surface area contributed by atoms with Crippen molar-refractivity contribution in [2.75, 3.05) is 0 Å². The number of halogens is 4. The fourth-order valence-electron chi connectivity index (χ4n) is 1.44. The van der Waals surface area contributed by atoms with Crippen LogP contribution in [0.4, 0.5) is 13.2 Å². The van der Waals surface area contributed by atoms with Crippen LogP contribution in [0.25, 0.3) is 0 Å². The summed E-state index contributed by atoms with van der Waals surface area (Å²) in [5.41, 5.74) is -1.38. The van der Waals surface area contributed by atoms with Crippen LogP contribution in [0.2, 0.25) is 5.02 Å². The van der Waals surface area contributed by atoms with Crippen molar-refractivity contribution in [1.82, 2.24) is 5.32 Å². The summed E-state index contributed by atoms with van der Waals surface area (Å²) in [5.74, 6) is -0.720. The smallest absolute Gasteiger partial charge is 0.349 e. The minimum atomic E-state index is -4.55. The predicted octanol–water partition coefficient (Wildman–Crippen LogP) is 3.25. The SMILES string of the molecule is O=C(NC1CC1)c1cc(Cl)ccc1C(F)(F)F. The van der Waals surface area contributed by atoms with E-state index in [1.165, 1.54) is 0 Å². The Morgan fingerprint density at radius 3 is 2.53 bits per heavy atom. The minimum Gasteiger partial charge on any atom is -0.349 e. The lowest BCUT2D eigenvalue weighted by Crippen LogP contribution is -2.28. The fraction of sp³-hybridized carbons (Fsp3) is 0.364. The van der Waals surface area contributed by atoms with Gasteiger partial charge in [-0.25, -0.2) is 0 Å². The first kappa shape index (κ1) is 12.2. The summed E-state index contributed by atoms with van der Waals surface area (Å²) in [7, 11) is 0. The zero-order valence-electron chi connectivity index (χ0n) is 8.64. The highest BCUT2D eigenvalue weighted by Gasteiger charge is 2.36. The molecule has 0 radical (unpaired) electrons. The van der Waals surface area contributed by atoms with Crippen molar-refractivity contribution in [3.05, 3.63) is 34.3 Å². The lowest BCUT2D eigenvalue weighted by Gasteiger charge is -2.12. The van der Waals surface area contributed by atoms with E-state index < -0.39 is 23.2 Å². The summed E-state index contributed by atoms with van der Waals surface area (Å²) in [6, 6.07) is 2.99. The Labute approximate surface area is 101 Å². The Balaban J connectivity index is 2.35. The van der Waals surface area contributed by atoms with E-state index in [1.54, 1.807) is 0 Å². The monoisotopic (exact) mass is 263 g/mol. The van der Waals surface area contributed by atoms with E-state index in [-0.39, 0.29) is 11.1 Å². The number of amides is 1. The molecule has 0 heterocycles. The molecule has 0 atom stereocenters. The predicted molar refractivity (Wildman–Crippen MR) is 56.9 cm³/mol. The molecule has 1 saturated carbocycles. The van der Waals surface area contributed by atoms with Crippen LogP contribution in [0.3, 0.4) is 0 Å². The maximum Gasteiger partial charge on any atom is 0.417 e. The molecule has 1 N–H and O–H groups in total. The molecule has 92 valence electrons. The van der Waals surface area contributed by atoms with Gasteiger partial charge in [0.05, 0.1) is 11.1 Å². The molecular formula is C11H9ClF3NO. The Morgan fingerprint density at radius 1 is 1.35 bits per heavy atom. The molecule has 2 nitrogen and oxygen atoms in total. The molecule has 1 aromatic rings. The third-order valence-electron chi connectivity index (χ3n) is 2.44. The standard InChI is InChI=1S/C11H9ClF3NO/c12-6-1-4-9(11(13,14)15)8(5-6)10(17)16-7-2-3-7/h1,4-5,7H,2-3H2,(H,16,17). The van der Waals surface area contributed by atoms with Crippen LogP contribution in [0.5, 0.6) is 0 Å². The third-order valence-corrected chi connectivity index (χ3v) is 2.68. The van der Waals surface area contributed by atoms with Crippen LogP contribution in [0.1, 0.15) is 28.8 Å². The van der Waals surface area contributed by atoms with Crippen LogP contribution < -0.4 is 5.32 Å². The first-order valence-electron chi connectivity index (χ1n) is 5.05. The van der Waals surface area contributed by atoms with Crippen molar-refractivity contribution in [1.29, 1.82) is 0 Å². The Kier molecular flexibility index (Phi) is 3.03. The van der Waals surface area contributed by atoms with Gasteiger partial charge in [-0.2, -0.15) is 13.2 Å². The molecule has 0 aromatic heterocycles. The molecule has 1 aromatic carbocycles. The van der Waals surface area contributed by atoms with Gasteiger partial charge in [-0.05, 0) is 31.0 Å². The number of carbonyl (C=O) groups is 1. The zero-order valence-corrected chi connectivity index (χ0v) is 9.40. The summed E-state index contributed by atoms with van der Waals surface area (Å²) in [6.45, 7) is 0. The molecule has 17 heavy (non-hydrogen) atoms. The molecule has 1 fully saturated rings. The number of rotatable bonds is 2. The van der Waals surface area contributed by atoms with Crippen molar-refractivity contribution >= 4 is 17.5 Å². The topological polar surface area (TPSA) is 29.1 Å². The van der Waals surface area contributed by atoms with Gasteiger partial charge in [0.15, 0.2) is 0 Å².